The molecule has 2 heterocycles. The van der Waals surface area contributed by atoms with Crippen molar-refractivity contribution in [2.24, 2.45) is 0 Å². The minimum absolute atomic E-state index is 0.00256. The SMILES string of the molecule is COc1ccc(Cn2c3cc(Br)ccc3c3c2ccc(=O)n3Cc2ccccc2)cc1. The van der Waals surface area contributed by atoms with Crippen molar-refractivity contribution in [1.82, 2.24) is 9.13 Å². The summed E-state index contributed by atoms with van der Waals surface area (Å²) >= 11 is 3.62. The lowest BCUT2D eigenvalue weighted by Crippen LogP contribution is -2.20. The number of hydrogen-bond acceptors (Lipinski definition) is 2. The molecule has 0 radical (unpaired) electrons. The maximum absolute atomic E-state index is 12.9. The number of nitrogens with zero attached hydrogens (tertiary/aromatic N) is 2. The molecule has 0 aliphatic carbocycles. The number of fused-ring (bicyclic) bond motifs is 3. The molecule has 0 aliphatic rings. The molecule has 0 aliphatic heterocycles. The van der Waals surface area contributed by atoms with Gasteiger partial charge in [0.1, 0.15) is 5.75 Å². The number of halogens is 1. The van der Waals surface area contributed by atoms with Crippen molar-refractivity contribution in [1.29, 1.82) is 0 Å². The van der Waals surface area contributed by atoms with E-state index in [1.807, 2.05) is 47.0 Å². The molecule has 0 saturated heterocycles. The molecule has 5 rings (SSSR count). The van der Waals surface area contributed by atoms with E-state index in [4.69, 9.17) is 4.74 Å². The summed E-state index contributed by atoms with van der Waals surface area (Å²) in [4.78, 5) is 12.9. The van der Waals surface area contributed by atoms with Crippen LogP contribution in [0.2, 0.25) is 0 Å². The van der Waals surface area contributed by atoms with Crippen molar-refractivity contribution >= 4 is 37.9 Å². The molecule has 5 aromatic rings. The van der Waals surface area contributed by atoms with Gasteiger partial charge in [0, 0.05) is 22.5 Å². The van der Waals surface area contributed by atoms with Crippen LogP contribution in [0, 0.1) is 0 Å². The van der Waals surface area contributed by atoms with Crippen LogP contribution in [-0.2, 0) is 13.1 Å². The van der Waals surface area contributed by atoms with Gasteiger partial charge in [-0.3, -0.25) is 4.79 Å². The fourth-order valence-electron chi connectivity index (χ4n) is 4.13. The number of aromatic nitrogens is 2. The molecule has 0 atom stereocenters. The van der Waals surface area contributed by atoms with Gasteiger partial charge in [-0.05, 0) is 47.5 Å². The topological polar surface area (TPSA) is 36.2 Å². The normalized spacial score (nSPS) is 11.3. The monoisotopic (exact) mass is 472 g/mol. The van der Waals surface area contributed by atoms with E-state index in [0.717, 1.165) is 37.7 Å². The predicted octanol–water partition coefficient (Wildman–Crippen LogP) is 5.82. The second-order valence-electron chi connectivity index (χ2n) is 7.57. The van der Waals surface area contributed by atoms with Crippen molar-refractivity contribution in [3.05, 3.63) is 111 Å². The first-order valence-corrected chi connectivity index (χ1v) is 10.9. The van der Waals surface area contributed by atoms with Crippen LogP contribution in [0.15, 0.2) is 94.2 Å². The van der Waals surface area contributed by atoms with E-state index in [2.05, 4.69) is 56.9 Å². The molecular weight excluding hydrogens is 452 g/mol. The van der Waals surface area contributed by atoms with Crippen LogP contribution in [0.25, 0.3) is 21.9 Å². The fourth-order valence-corrected chi connectivity index (χ4v) is 4.48. The summed E-state index contributed by atoms with van der Waals surface area (Å²) in [5, 5.41) is 1.07. The summed E-state index contributed by atoms with van der Waals surface area (Å²) in [7, 11) is 1.67. The van der Waals surface area contributed by atoms with E-state index >= 15 is 0 Å². The zero-order valence-electron chi connectivity index (χ0n) is 17.1. The van der Waals surface area contributed by atoms with E-state index in [9.17, 15) is 4.79 Å². The molecule has 0 amide bonds. The van der Waals surface area contributed by atoms with Crippen molar-refractivity contribution < 1.29 is 4.74 Å². The van der Waals surface area contributed by atoms with Crippen LogP contribution >= 0.6 is 15.9 Å². The summed E-state index contributed by atoms with van der Waals surface area (Å²) in [6.45, 7) is 1.23. The predicted molar refractivity (Wildman–Crippen MR) is 129 cm³/mol. The lowest BCUT2D eigenvalue weighted by atomic mass is 10.2. The Balaban J connectivity index is 1.73. The highest BCUT2D eigenvalue weighted by molar-refractivity contribution is 9.10. The van der Waals surface area contributed by atoms with Gasteiger partial charge in [-0.15, -0.1) is 0 Å². The number of ether oxygens (including phenoxy) is 1. The number of rotatable bonds is 5. The number of hydrogen-bond donors (Lipinski definition) is 0. The Morgan fingerprint density at radius 3 is 2.23 bits per heavy atom. The molecule has 4 nitrogen and oxygen atoms in total. The van der Waals surface area contributed by atoms with E-state index in [1.165, 1.54) is 5.56 Å². The van der Waals surface area contributed by atoms with Crippen molar-refractivity contribution in [2.45, 2.75) is 13.1 Å². The largest absolute Gasteiger partial charge is 0.497 e. The fraction of sp³-hybridized carbons (Fsp3) is 0.115. The van der Waals surface area contributed by atoms with E-state index in [-0.39, 0.29) is 5.56 Å². The third-order valence-electron chi connectivity index (χ3n) is 5.64. The summed E-state index contributed by atoms with van der Waals surface area (Å²) in [5.74, 6) is 0.838. The zero-order chi connectivity index (χ0) is 21.4. The van der Waals surface area contributed by atoms with Crippen LogP contribution < -0.4 is 10.3 Å². The van der Waals surface area contributed by atoms with Gasteiger partial charge in [0.05, 0.1) is 30.2 Å². The van der Waals surface area contributed by atoms with Crippen molar-refractivity contribution in [3.63, 3.8) is 0 Å². The molecule has 5 heteroatoms. The van der Waals surface area contributed by atoms with Gasteiger partial charge in [-0.25, -0.2) is 0 Å². The van der Waals surface area contributed by atoms with E-state index in [0.29, 0.717) is 13.1 Å². The molecule has 3 aromatic carbocycles. The smallest absolute Gasteiger partial charge is 0.251 e. The van der Waals surface area contributed by atoms with Gasteiger partial charge < -0.3 is 13.9 Å². The molecule has 31 heavy (non-hydrogen) atoms. The Hall–Kier alpha value is -3.31. The first-order valence-electron chi connectivity index (χ1n) is 10.1. The van der Waals surface area contributed by atoms with Crippen molar-refractivity contribution in [2.75, 3.05) is 7.11 Å². The quantitative estimate of drug-likeness (QED) is 0.322. The summed E-state index contributed by atoms with van der Waals surface area (Å²) in [6.07, 6.45) is 0. The highest BCUT2D eigenvalue weighted by atomic mass is 79.9. The highest BCUT2D eigenvalue weighted by Crippen LogP contribution is 2.31. The molecule has 154 valence electrons. The van der Waals surface area contributed by atoms with Crippen LogP contribution in [0.1, 0.15) is 11.1 Å². The standard InChI is InChI=1S/C26H21BrN2O2/c1-31-21-10-7-19(8-11-21)16-28-23-13-14-25(30)29(17-18-5-3-2-4-6-18)26(23)22-12-9-20(27)15-24(22)28/h2-15H,16-17H2,1H3. The molecule has 0 saturated carbocycles. The Kier molecular flexibility index (Phi) is 5.12. The van der Waals surface area contributed by atoms with Crippen LogP contribution in [0.5, 0.6) is 5.75 Å². The average molecular weight is 473 g/mol. The number of methoxy groups -OCH3 is 1. The summed E-state index contributed by atoms with van der Waals surface area (Å²) in [6, 6.07) is 28.1. The summed E-state index contributed by atoms with van der Waals surface area (Å²) < 4.78 is 10.5. The van der Waals surface area contributed by atoms with Gasteiger partial charge in [-0.1, -0.05) is 58.4 Å². The van der Waals surface area contributed by atoms with Gasteiger partial charge in [0.2, 0.25) is 0 Å². The van der Waals surface area contributed by atoms with Gasteiger partial charge in [0.15, 0.2) is 0 Å². The Morgan fingerprint density at radius 1 is 0.774 bits per heavy atom. The van der Waals surface area contributed by atoms with E-state index in [1.54, 1.807) is 13.2 Å². The van der Waals surface area contributed by atoms with E-state index < -0.39 is 0 Å². The first-order chi connectivity index (χ1) is 15.1. The third kappa shape index (κ3) is 3.66. The molecule has 0 spiro atoms. The highest BCUT2D eigenvalue weighted by Gasteiger charge is 2.16. The molecule has 0 N–H and O–H groups in total. The first kappa shape index (κ1) is 19.6. The van der Waals surface area contributed by atoms with Gasteiger partial charge >= 0.3 is 0 Å². The van der Waals surface area contributed by atoms with Crippen molar-refractivity contribution in [3.8, 4) is 5.75 Å². The lowest BCUT2D eigenvalue weighted by Gasteiger charge is -2.11. The van der Waals surface area contributed by atoms with Crippen LogP contribution in [0.4, 0.5) is 0 Å². The second-order valence-corrected chi connectivity index (χ2v) is 8.49. The molecule has 0 unspecified atom stereocenters. The number of pyridine rings is 1. The Bertz CT molecular complexity index is 1430. The molecular formula is C26H21BrN2O2. The Labute approximate surface area is 188 Å². The lowest BCUT2D eigenvalue weighted by molar-refractivity contribution is 0.414. The zero-order valence-corrected chi connectivity index (χ0v) is 18.7. The number of benzene rings is 3. The van der Waals surface area contributed by atoms with Crippen LogP contribution in [-0.4, -0.2) is 16.2 Å². The minimum atomic E-state index is 0.00256. The molecule has 0 bridgehead atoms. The molecule has 0 fully saturated rings. The van der Waals surface area contributed by atoms with Gasteiger partial charge in [-0.2, -0.15) is 0 Å². The third-order valence-corrected chi connectivity index (χ3v) is 6.14. The molecule has 2 aromatic heterocycles. The van der Waals surface area contributed by atoms with Crippen LogP contribution in [0.3, 0.4) is 0 Å². The Morgan fingerprint density at radius 2 is 1.48 bits per heavy atom. The summed E-state index contributed by atoms with van der Waals surface area (Å²) in [5.41, 5.74) is 5.37. The second kappa shape index (κ2) is 8.08. The van der Waals surface area contributed by atoms with Gasteiger partial charge in [0.25, 0.3) is 5.56 Å². The average Bonchev–Trinajstić information content (AvgIpc) is 3.10. The maximum atomic E-state index is 12.9. The maximum Gasteiger partial charge on any atom is 0.251 e. The minimum Gasteiger partial charge on any atom is -0.497 e.